The van der Waals surface area contributed by atoms with Crippen molar-refractivity contribution in [3.63, 3.8) is 0 Å². The van der Waals surface area contributed by atoms with Gasteiger partial charge in [-0.1, -0.05) is 65.3 Å². The van der Waals surface area contributed by atoms with Crippen LogP contribution in [0, 0.1) is 0 Å². The number of carbonyl (C=O) groups is 1. The molecule has 0 amide bonds. The lowest BCUT2D eigenvalue weighted by Crippen LogP contribution is -2.38. The van der Waals surface area contributed by atoms with E-state index in [1.807, 2.05) is 0 Å². The Kier molecular flexibility index (Phi) is 9.35. The molecule has 0 bridgehead atoms. The lowest BCUT2D eigenvalue weighted by molar-refractivity contribution is -0.150. The summed E-state index contributed by atoms with van der Waals surface area (Å²) in [5.41, 5.74) is 2.49. The van der Waals surface area contributed by atoms with E-state index in [9.17, 15) is 9.00 Å². The summed E-state index contributed by atoms with van der Waals surface area (Å²) < 4.78 is 18.9. The van der Waals surface area contributed by atoms with E-state index in [1.165, 1.54) is 5.56 Å². The van der Waals surface area contributed by atoms with Crippen molar-refractivity contribution in [3.8, 4) is 0 Å². The second-order valence-electron chi connectivity index (χ2n) is 9.10. The number of carbonyl (C=O) groups excluding carboxylic acids is 1. The molecule has 1 aliphatic carbocycles. The lowest BCUT2D eigenvalue weighted by Gasteiger charge is -2.31. The molecule has 2 rings (SSSR count). The number of rotatable bonds is 9. The van der Waals surface area contributed by atoms with Gasteiger partial charge in [0.2, 0.25) is 0 Å². The fourth-order valence-electron chi connectivity index (χ4n) is 3.89. The van der Waals surface area contributed by atoms with E-state index in [4.69, 9.17) is 4.74 Å². The summed E-state index contributed by atoms with van der Waals surface area (Å²) in [6.45, 7) is 13.4. The molecule has 0 aromatic heterocycles. The minimum absolute atomic E-state index is 0.0524. The van der Waals surface area contributed by atoms with Gasteiger partial charge in [0.05, 0.1) is 11.7 Å². The Hall–Kier alpha value is -1.20. The van der Waals surface area contributed by atoms with Crippen LogP contribution in [0.2, 0.25) is 0 Å². The fourth-order valence-corrected chi connectivity index (χ4v) is 5.58. The molecule has 0 aliphatic heterocycles. The smallest absolute Gasteiger partial charge is 0.307 e. The molecule has 1 aromatic rings. The van der Waals surface area contributed by atoms with E-state index in [0.717, 1.165) is 50.9 Å². The van der Waals surface area contributed by atoms with Crippen LogP contribution in [0.15, 0.2) is 24.3 Å². The predicted octanol–water partition coefficient (Wildman–Crippen LogP) is 4.82. The molecule has 1 aliphatic rings. The van der Waals surface area contributed by atoms with Crippen LogP contribution >= 0.6 is 0 Å². The van der Waals surface area contributed by atoms with Gasteiger partial charge in [-0.25, -0.2) is 0 Å². The largest absolute Gasteiger partial charge is 0.461 e. The molecule has 1 saturated carbocycles. The average Bonchev–Trinajstić information content (AvgIpc) is 2.69. The maximum Gasteiger partial charge on any atom is 0.307 e. The molecule has 0 N–H and O–H groups in total. The first-order chi connectivity index (χ1) is 13.7. The molecule has 4 nitrogen and oxygen atoms in total. The molecule has 0 heterocycles. The Morgan fingerprint density at radius 1 is 1.10 bits per heavy atom. The van der Waals surface area contributed by atoms with Crippen molar-refractivity contribution in [2.75, 3.05) is 19.6 Å². The van der Waals surface area contributed by atoms with Crippen LogP contribution in [0.1, 0.15) is 77.8 Å². The summed E-state index contributed by atoms with van der Waals surface area (Å²) in [7, 11) is -1.04. The zero-order valence-electron chi connectivity index (χ0n) is 18.9. The van der Waals surface area contributed by atoms with Crippen molar-refractivity contribution < 1.29 is 13.7 Å². The Morgan fingerprint density at radius 2 is 1.72 bits per heavy atom. The number of hydrogen-bond donors (Lipinski definition) is 0. The summed E-state index contributed by atoms with van der Waals surface area (Å²) in [6, 6.07) is 8.45. The normalized spacial score (nSPS) is 21.2. The molecule has 5 heteroatoms. The third kappa shape index (κ3) is 7.53. The van der Waals surface area contributed by atoms with Crippen molar-refractivity contribution in [2.24, 2.45) is 0 Å². The van der Waals surface area contributed by atoms with Crippen molar-refractivity contribution in [1.82, 2.24) is 4.90 Å². The van der Waals surface area contributed by atoms with Crippen LogP contribution in [0.5, 0.6) is 0 Å². The summed E-state index contributed by atoms with van der Waals surface area (Å²) in [6.07, 6.45) is 4.01. The summed E-state index contributed by atoms with van der Waals surface area (Å²) in [5.74, 6) is 0.378. The summed E-state index contributed by atoms with van der Waals surface area (Å²) >= 11 is 0. The minimum atomic E-state index is -1.04. The van der Waals surface area contributed by atoms with Gasteiger partial charge in [0.15, 0.2) is 0 Å². The van der Waals surface area contributed by atoms with Gasteiger partial charge in [-0.3, -0.25) is 9.00 Å². The van der Waals surface area contributed by atoms with Crippen molar-refractivity contribution in [1.29, 1.82) is 0 Å². The quantitative estimate of drug-likeness (QED) is 0.536. The fraction of sp³-hybridized carbons (Fsp3) is 0.708. The summed E-state index contributed by atoms with van der Waals surface area (Å²) in [5, 5.41) is -0.0524. The van der Waals surface area contributed by atoms with E-state index in [1.54, 1.807) is 0 Å². The molecular formula is C24H39NO3S. The zero-order valence-corrected chi connectivity index (χ0v) is 19.7. The van der Waals surface area contributed by atoms with Crippen molar-refractivity contribution in [2.45, 2.75) is 89.2 Å². The highest BCUT2D eigenvalue weighted by molar-refractivity contribution is 7.84. The molecule has 164 valence electrons. The van der Waals surface area contributed by atoms with Gasteiger partial charge in [0.25, 0.3) is 0 Å². The Morgan fingerprint density at radius 3 is 2.31 bits per heavy atom. The van der Waals surface area contributed by atoms with Crippen LogP contribution in [0.25, 0.3) is 0 Å². The topological polar surface area (TPSA) is 46.6 Å². The van der Waals surface area contributed by atoms with Crippen LogP contribution < -0.4 is 0 Å². The van der Waals surface area contributed by atoms with Crippen LogP contribution in [0.3, 0.4) is 0 Å². The molecule has 1 fully saturated rings. The highest BCUT2D eigenvalue weighted by atomic mass is 32.2. The number of nitrogens with zero attached hydrogens (tertiary/aromatic N) is 1. The molecule has 1 aromatic carbocycles. The van der Waals surface area contributed by atoms with Gasteiger partial charge in [0, 0.05) is 23.1 Å². The predicted molar refractivity (Wildman–Crippen MR) is 122 cm³/mol. The third-order valence-electron chi connectivity index (χ3n) is 5.92. The minimum Gasteiger partial charge on any atom is -0.461 e. The highest BCUT2D eigenvalue weighted by Gasteiger charge is 2.32. The maximum absolute atomic E-state index is 13.1. The van der Waals surface area contributed by atoms with Crippen molar-refractivity contribution in [3.05, 3.63) is 35.4 Å². The van der Waals surface area contributed by atoms with Crippen LogP contribution in [-0.2, 0) is 31.5 Å². The molecular weight excluding hydrogens is 382 g/mol. The number of hydrogen-bond acceptors (Lipinski definition) is 4. The zero-order chi connectivity index (χ0) is 21.4. The number of esters is 1. The number of benzene rings is 1. The second-order valence-corrected chi connectivity index (χ2v) is 10.8. The maximum atomic E-state index is 13.1. The monoisotopic (exact) mass is 421 g/mol. The Bertz CT molecular complexity index is 662. The van der Waals surface area contributed by atoms with Gasteiger partial charge >= 0.3 is 5.97 Å². The average molecular weight is 422 g/mol. The van der Waals surface area contributed by atoms with Gasteiger partial charge < -0.3 is 9.64 Å². The third-order valence-corrected chi connectivity index (χ3v) is 7.75. The Labute approximate surface area is 179 Å². The van der Waals surface area contributed by atoms with E-state index in [0.29, 0.717) is 12.2 Å². The summed E-state index contributed by atoms with van der Waals surface area (Å²) in [4.78, 5) is 14.6. The van der Waals surface area contributed by atoms with Crippen LogP contribution in [-0.4, -0.2) is 46.1 Å². The molecule has 0 saturated heterocycles. The molecule has 0 spiro atoms. The van der Waals surface area contributed by atoms with Gasteiger partial charge in [-0.2, -0.15) is 0 Å². The molecule has 3 atom stereocenters. The first-order valence-corrected chi connectivity index (χ1v) is 12.5. The SMILES string of the molecule is CCN(CC)CCC(=O)O[C@@H]1CCCC[C@H]1[S@](=O)Cc1ccc(C(C)(C)C)cc1. The van der Waals surface area contributed by atoms with Gasteiger partial charge in [-0.05, 0) is 48.9 Å². The van der Waals surface area contributed by atoms with Gasteiger partial charge in [0.1, 0.15) is 6.10 Å². The molecule has 0 unspecified atom stereocenters. The Balaban J connectivity index is 1.94. The first-order valence-electron chi connectivity index (χ1n) is 11.1. The van der Waals surface area contributed by atoms with Gasteiger partial charge in [-0.15, -0.1) is 0 Å². The van der Waals surface area contributed by atoms with E-state index >= 15 is 0 Å². The van der Waals surface area contributed by atoms with E-state index in [2.05, 4.69) is 63.8 Å². The van der Waals surface area contributed by atoms with E-state index in [-0.39, 0.29) is 22.7 Å². The van der Waals surface area contributed by atoms with E-state index < -0.39 is 10.8 Å². The van der Waals surface area contributed by atoms with Crippen molar-refractivity contribution >= 4 is 16.8 Å². The van der Waals surface area contributed by atoms with Crippen LogP contribution in [0.4, 0.5) is 0 Å². The first kappa shape index (κ1) is 24.1. The standard InChI is InChI=1S/C24H39NO3S/c1-6-25(7-2)17-16-23(26)28-21-10-8-9-11-22(21)29(27)18-19-12-14-20(15-13-19)24(3,4)5/h12-15,21-22H,6-11,16-18H2,1-5H3/t21-,22-,29-/m1/s1. The molecule has 29 heavy (non-hydrogen) atoms. The second kappa shape index (κ2) is 11.3. The highest BCUT2D eigenvalue weighted by Crippen LogP contribution is 2.28. The number of ether oxygens (including phenoxy) is 1. The lowest BCUT2D eigenvalue weighted by atomic mass is 9.87. The molecule has 0 radical (unpaired) electrons.